The molecule has 2 aromatic rings. The highest BCUT2D eigenvalue weighted by molar-refractivity contribution is 6.28. The molecular formula is C56H102Cl2N14. The average Bonchev–Trinajstić information content (AvgIpc) is 3.16. The molecule has 16 heteroatoms. The molecule has 0 atom stereocenters. The summed E-state index contributed by atoms with van der Waals surface area (Å²) in [6.07, 6.45) is 19.9. The van der Waals surface area contributed by atoms with Crippen molar-refractivity contribution < 1.29 is 0 Å². The molecule has 0 saturated carbocycles. The van der Waals surface area contributed by atoms with Crippen LogP contribution in [0, 0.1) is 11.8 Å². The Morgan fingerprint density at radius 3 is 1.04 bits per heavy atom. The fraction of sp³-hybridized carbons (Fsp3) is 0.893. The summed E-state index contributed by atoms with van der Waals surface area (Å²) in [6.45, 7) is 40.5. The molecule has 0 bridgehead atoms. The first-order chi connectivity index (χ1) is 33.3. The van der Waals surface area contributed by atoms with Crippen molar-refractivity contribution in [2.45, 2.75) is 283 Å². The number of nitrogens with one attached hydrogen (secondary N) is 6. The molecule has 0 aromatic carbocycles. The highest BCUT2D eigenvalue weighted by atomic mass is 35.5. The van der Waals surface area contributed by atoms with Gasteiger partial charge in [0.15, 0.2) is 0 Å². The molecule has 14 nitrogen and oxygen atoms in total. The van der Waals surface area contributed by atoms with Gasteiger partial charge in [-0.05, 0) is 223 Å². The van der Waals surface area contributed by atoms with E-state index < -0.39 is 0 Å². The van der Waals surface area contributed by atoms with Gasteiger partial charge in [0.25, 0.3) is 0 Å². The standard InChI is InChI=1S/C56H102Cl2N14/c1-49(2)31-39(32-50(3,4)67-49)25-19-22-28-60-46-62-44(58)63-47(66-46)71(41-35-53(9,10)69-54(11,12)36-41)29-23-18-17-21-27-59-45-61-43(57)64-48(65-45)72(42-37-55(13,14)70-56(15,16)38-42)30-24-20-26-40-33-51(5,6)68-52(7,8)34-40/h39-42,67-70H,17-38H2,1-16H3,(H,59,61,64,65)(H,60,62,63,66). The maximum Gasteiger partial charge on any atom is 0.231 e. The number of unbranched alkanes of at least 4 members (excludes halogenated alkanes) is 5. The van der Waals surface area contributed by atoms with Crippen LogP contribution in [0.3, 0.4) is 0 Å². The Labute approximate surface area is 447 Å². The van der Waals surface area contributed by atoms with Crippen molar-refractivity contribution in [3.63, 3.8) is 0 Å². The number of rotatable bonds is 23. The molecule has 6 heterocycles. The summed E-state index contributed by atoms with van der Waals surface area (Å²) in [5.74, 6) is 3.92. The van der Waals surface area contributed by atoms with Gasteiger partial charge in [-0.1, -0.05) is 38.5 Å². The lowest BCUT2D eigenvalue weighted by atomic mass is 9.74. The van der Waals surface area contributed by atoms with Gasteiger partial charge in [0, 0.05) is 82.6 Å². The summed E-state index contributed by atoms with van der Waals surface area (Å²) >= 11 is 13.4. The summed E-state index contributed by atoms with van der Waals surface area (Å²) in [4.78, 5) is 33.7. The Morgan fingerprint density at radius 2 is 0.681 bits per heavy atom. The van der Waals surface area contributed by atoms with Crippen LogP contribution in [0.15, 0.2) is 0 Å². The third kappa shape index (κ3) is 18.7. The van der Waals surface area contributed by atoms with E-state index in [4.69, 9.17) is 43.1 Å². The predicted octanol–water partition coefficient (Wildman–Crippen LogP) is 12.1. The second-order valence-corrected chi connectivity index (χ2v) is 29.0. The van der Waals surface area contributed by atoms with Gasteiger partial charge in [-0.3, -0.25) is 0 Å². The maximum absolute atomic E-state index is 6.74. The van der Waals surface area contributed by atoms with Crippen LogP contribution in [-0.2, 0) is 0 Å². The number of hydrogen-bond donors (Lipinski definition) is 6. The Kier molecular flexibility index (Phi) is 19.2. The van der Waals surface area contributed by atoms with Gasteiger partial charge < -0.3 is 41.7 Å². The average molecular weight is 1040 g/mol. The number of piperidine rings is 4. The normalized spacial score (nSPS) is 23.6. The summed E-state index contributed by atoms with van der Waals surface area (Å²) in [6, 6.07) is 0.527. The minimum absolute atomic E-state index is 0.0203. The van der Waals surface area contributed by atoms with E-state index in [9.17, 15) is 0 Å². The van der Waals surface area contributed by atoms with E-state index in [0.717, 1.165) is 102 Å². The van der Waals surface area contributed by atoms with E-state index in [1.54, 1.807) is 0 Å². The molecule has 0 spiro atoms. The second kappa shape index (κ2) is 23.5. The SMILES string of the molecule is CC1(C)CC(CCCCNc2nc(Cl)nc(N(CCCCCCNc3nc(Cl)nc(N(CCCCC4CC(C)(C)NC(C)(C)C4)C4CC(C)(C)NC(C)(C)C4)n3)C3CC(C)(C)NC(C)(C)C3)n2)CC(C)(C)N1. The van der Waals surface area contributed by atoms with Crippen LogP contribution < -0.4 is 41.7 Å². The largest absolute Gasteiger partial charge is 0.354 e. The number of nitrogens with zero attached hydrogens (tertiary/aromatic N) is 8. The van der Waals surface area contributed by atoms with Crippen LogP contribution in [0.1, 0.15) is 226 Å². The van der Waals surface area contributed by atoms with Gasteiger partial charge >= 0.3 is 0 Å². The molecule has 6 rings (SSSR count). The van der Waals surface area contributed by atoms with Crippen LogP contribution >= 0.6 is 23.2 Å². The number of anilines is 4. The summed E-state index contributed by atoms with van der Waals surface area (Å²) < 4.78 is 0. The smallest absolute Gasteiger partial charge is 0.231 e. The molecule has 72 heavy (non-hydrogen) atoms. The summed E-state index contributed by atoms with van der Waals surface area (Å²) in [5, 5.41) is 23.0. The van der Waals surface area contributed by atoms with E-state index >= 15 is 0 Å². The molecule has 0 unspecified atom stereocenters. The van der Waals surface area contributed by atoms with Crippen LogP contribution in [-0.4, -0.2) is 112 Å². The lowest BCUT2D eigenvalue weighted by Crippen LogP contribution is -2.62. The minimum atomic E-state index is -0.0371. The first kappa shape index (κ1) is 58.9. The molecule has 4 saturated heterocycles. The molecule has 0 aliphatic carbocycles. The zero-order valence-electron chi connectivity index (χ0n) is 48.2. The van der Waals surface area contributed by atoms with Crippen molar-refractivity contribution >= 4 is 47.0 Å². The van der Waals surface area contributed by atoms with E-state index in [0.29, 0.717) is 23.8 Å². The fourth-order valence-electron chi connectivity index (χ4n) is 14.9. The highest BCUT2D eigenvalue weighted by Gasteiger charge is 2.43. The van der Waals surface area contributed by atoms with Gasteiger partial charge in [-0.15, -0.1) is 0 Å². The quantitative estimate of drug-likeness (QED) is 0.0585. The van der Waals surface area contributed by atoms with Crippen LogP contribution in [0.25, 0.3) is 0 Å². The molecule has 2 aromatic heterocycles. The van der Waals surface area contributed by atoms with Gasteiger partial charge in [0.2, 0.25) is 34.4 Å². The topological polar surface area (TPSA) is 156 Å². The first-order valence-electron chi connectivity index (χ1n) is 28.3. The molecular weight excluding hydrogens is 940 g/mol. The number of aromatic nitrogens is 6. The van der Waals surface area contributed by atoms with Crippen molar-refractivity contribution in [1.82, 2.24) is 51.2 Å². The summed E-state index contributed by atoms with van der Waals surface area (Å²) in [5.41, 5.74) is 0.562. The molecule has 6 N–H and O–H groups in total. The third-order valence-electron chi connectivity index (χ3n) is 15.7. The van der Waals surface area contributed by atoms with E-state index in [1.165, 1.54) is 51.4 Å². The van der Waals surface area contributed by atoms with Gasteiger partial charge in [0.05, 0.1) is 0 Å². The van der Waals surface area contributed by atoms with Crippen molar-refractivity contribution in [1.29, 1.82) is 0 Å². The second-order valence-electron chi connectivity index (χ2n) is 28.3. The fourth-order valence-corrected chi connectivity index (χ4v) is 15.2. The molecule has 0 amide bonds. The molecule has 4 aliphatic heterocycles. The van der Waals surface area contributed by atoms with Gasteiger partial charge in [0.1, 0.15) is 0 Å². The van der Waals surface area contributed by atoms with Crippen molar-refractivity contribution in [3.8, 4) is 0 Å². The Bertz CT molecular complexity index is 1990. The van der Waals surface area contributed by atoms with E-state index in [1.807, 2.05) is 0 Å². The van der Waals surface area contributed by atoms with E-state index in [-0.39, 0.29) is 67.0 Å². The molecule has 0 radical (unpaired) electrons. The number of halogens is 2. The van der Waals surface area contributed by atoms with Crippen molar-refractivity contribution in [3.05, 3.63) is 10.6 Å². The molecule has 4 aliphatic rings. The first-order valence-corrected chi connectivity index (χ1v) is 29.0. The Morgan fingerprint density at radius 1 is 0.389 bits per heavy atom. The Hall–Kier alpha value is -2.36. The third-order valence-corrected chi connectivity index (χ3v) is 16.0. The minimum Gasteiger partial charge on any atom is -0.354 e. The lowest BCUT2D eigenvalue weighted by molar-refractivity contribution is 0.121. The zero-order valence-corrected chi connectivity index (χ0v) is 49.7. The van der Waals surface area contributed by atoms with Gasteiger partial charge in [-0.2, -0.15) is 29.9 Å². The summed E-state index contributed by atoms with van der Waals surface area (Å²) in [7, 11) is 0. The lowest BCUT2D eigenvalue weighted by Gasteiger charge is -2.49. The Balaban J connectivity index is 1.04. The van der Waals surface area contributed by atoms with E-state index in [2.05, 4.69) is 162 Å². The van der Waals surface area contributed by atoms with Crippen molar-refractivity contribution in [2.75, 3.05) is 46.6 Å². The van der Waals surface area contributed by atoms with Crippen LogP contribution in [0.5, 0.6) is 0 Å². The van der Waals surface area contributed by atoms with Gasteiger partial charge in [-0.25, -0.2) is 0 Å². The van der Waals surface area contributed by atoms with Crippen LogP contribution in [0.2, 0.25) is 10.6 Å². The number of hydrogen-bond acceptors (Lipinski definition) is 14. The highest BCUT2D eigenvalue weighted by Crippen LogP contribution is 2.39. The zero-order chi connectivity index (χ0) is 53.0. The van der Waals surface area contributed by atoms with Crippen molar-refractivity contribution in [2.24, 2.45) is 11.8 Å². The molecule has 4 fully saturated rings. The monoisotopic (exact) mass is 1040 g/mol. The maximum atomic E-state index is 6.74. The molecule has 410 valence electrons. The van der Waals surface area contributed by atoms with Crippen LogP contribution in [0.4, 0.5) is 23.8 Å². The predicted molar refractivity (Wildman–Crippen MR) is 304 cm³/mol.